The van der Waals surface area contributed by atoms with Crippen LogP contribution in [0.25, 0.3) is 11.0 Å². The third kappa shape index (κ3) is 4.42. The highest BCUT2D eigenvalue weighted by Crippen LogP contribution is 2.29. The van der Waals surface area contributed by atoms with Crippen LogP contribution < -0.4 is 5.32 Å². The van der Waals surface area contributed by atoms with Crippen LogP contribution in [-0.2, 0) is 16.6 Å². The van der Waals surface area contributed by atoms with E-state index >= 15 is 0 Å². The lowest BCUT2D eigenvalue weighted by molar-refractivity contribution is 0.154. The van der Waals surface area contributed by atoms with Gasteiger partial charge in [-0.05, 0) is 48.9 Å². The number of nitrogens with one attached hydrogen (secondary N) is 1. The molecule has 0 unspecified atom stereocenters. The molecule has 0 bridgehead atoms. The maximum absolute atomic E-state index is 14.3. The zero-order chi connectivity index (χ0) is 24.6. The number of nitrogens with zero attached hydrogens (tertiary/aromatic N) is 3. The van der Waals surface area contributed by atoms with E-state index in [1.807, 2.05) is 0 Å². The van der Waals surface area contributed by atoms with Crippen molar-refractivity contribution in [2.45, 2.75) is 18.4 Å². The Balaban J connectivity index is 1.87. The molecule has 0 radical (unpaired) electrons. The predicted molar refractivity (Wildman–Crippen MR) is 123 cm³/mol. The molecule has 11 heteroatoms. The number of halogens is 2. The van der Waals surface area contributed by atoms with Gasteiger partial charge in [0, 0.05) is 18.8 Å². The summed E-state index contributed by atoms with van der Waals surface area (Å²) in [5.41, 5.74) is 1.90. The highest BCUT2D eigenvalue weighted by atomic mass is 32.2. The summed E-state index contributed by atoms with van der Waals surface area (Å²) in [6.45, 7) is 1.62. The molecule has 2 aromatic carbocycles. The second-order valence-electron chi connectivity index (χ2n) is 7.75. The monoisotopic (exact) mass is 486 g/mol. The first-order valence-corrected chi connectivity index (χ1v) is 11.5. The Morgan fingerprint density at radius 3 is 2.62 bits per heavy atom. The molecule has 2 heterocycles. The molecule has 176 valence electrons. The summed E-state index contributed by atoms with van der Waals surface area (Å²) in [7, 11) is -2.92. The quantitative estimate of drug-likeness (QED) is 0.409. The number of anilines is 2. The third-order valence-electron chi connectivity index (χ3n) is 5.17. The number of hydrogen-bond acceptors (Lipinski definition) is 5. The van der Waals surface area contributed by atoms with Gasteiger partial charge in [-0.25, -0.2) is 26.0 Å². The summed E-state index contributed by atoms with van der Waals surface area (Å²) in [4.78, 5) is 16.3. The van der Waals surface area contributed by atoms with E-state index in [1.165, 1.54) is 43.7 Å². The van der Waals surface area contributed by atoms with Crippen molar-refractivity contribution in [3.63, 3.8) is 0 Å². The minimum Gasteiger partial charge on any atom is -0.465 e. The first kappa shape index (κ1) is 23.2. The summed E-state index contributed by atoms with van der Waals surface area (Å²) in [6, 6.07) is 10.6. The van der Waals surface area contributed by atoms with E-state index in [1.54, 1.807) is 19.1 Å². The normalized spacial score (nSPS) is 11.5. The molecule has 0 fully saturated rings. The van der Waals surface area contributed by atoms with Crippen LogP contribution in [0.5, 0.6) is 0 Å². The zero-order valence-electron chi connectivity index (χ0n) is 18.2. The van der Waals surface area contributed by atoms with Crippen LogP contribution >= 0.6 is 0 Å². The van der Waals surface area contributed by atoms with Crippen LogP contribution in [0.3, 0.4) is 0 Å². The van der Waals surface area contributed by atoms with E-state index in [0.29, 0.717) is 11.3 Å². The SMILES string of the molecule is Cc1ccc(Nc2cnc3c(CN(C)C(=O)O)cn(S(=O)(=O)c4cccc(F)c4)c3c2)c(F)c1. The fourth-order valence-electron chi connectivity index (χ4n) is 3.46. The number of pyridine rings is 1. The number of rotatable bonds is 6. The molecule has 0 aliphatic carbocycles. The molecule has 4 aromatic rings. The molecule has 8 nitrogen and oxygen atoms in total. The second kappa shape index (κ2) is 8.75. The molecule has 4 rings (SSSR count). The molecule has 1 amide bonds. The number of carboxylic acid groups (broad SMARTS) is 1. The van der Waals surface area contributed by atoms with Crippen molar-refractivity contribution < 1.29 is 27.1 Å². The molecule has 34 heavy (non-hydrogen) atoms. The smallest absolute Gasteiger partial charge is 0.407 e. The number of benzene rings is 2. The van der Waals surface area contributed by atoms with Gasteiger partial charge in [-0.1, -0.05) is 12.1 Å². The standard InChI is InChI=1S/C23H20F2N4O4S/c1-14-6-7-20(19(25)8-14)27-17-10-21-22(26-11-17)15(12-28(2)23(30)31)13-29(21)34(32,33)18-5-3-4-16(24)9-18/h3-11,13,27H,12H2,1-2H3,(H,30,31). The van der Waals surface area contributed by atoms with Gasteiger partial charge < -0.3 is 15.3 Å². The van der Waals surface area contributed by atoms with Crippen molar-refractivity contribution in [3.8, 4) is 0 Å². The fraction of sp³-hybridized carbons (Fsp3) is 0.130. The minimum absolute atomic E-state index is 0.121. The Morgan fingerprint density at radius 2 is 1.94 bits per heavy atom. The lowest BCUT2D eigenvalue weighted by Gasteiger charge is -2.11. The second-order valence-corrected chi connectivity index (χ2v) is 9.57. The summed E-state index contributed by atoms with van der Waals surface area (Å²) >= 11 is 0. The summed E-state index contributed by atoms with van der Waals surface area (Å²) in [5, 5.41) is 12.1. The highest BCUT2D eigenvalue weighted by Gasteiger charge is 2.24. The molecular weight excluding hydrogens is 466 g/mol. The van der Waals surface area contributed by atoms with Gasteiger partial charge in [-0.2, -0.15) is 0 Å². The van der Waals surface area contributed by atoms with Crippen LogP contribution in [-0.4, -0.2) is 40.5 Å². The predicted octanol–water partition coefficient (Wildman–Crippen LogP) is 4.71. The lowest BCUT2D eigenvalue weighted by Crippen LogP contribution is -2.23. The van der Waals surface area contributed by atoms with Gasteiger partial charge in [0.2, 0.25) is 0 Å². The Kier molecular flexibility index (Phi) is 5.96. The van der Waals surface area contributed by atoms with Crippen LogP contribution in [0.2, 0.25) is 0 Å². The molecule has 0 aliphatic rings. The van der Waals surface area contributed by atoms with Crippen LogP contribution in [0.15, 0.2) is 65.8 Å². The van der Waals surface area contributed by atoms with E-state index in [2.05, 4.69) is 10.3 Å². The average Bonchev–Trinajstić information content (AvgIpc) is 3.14. The Labute approximate surface area is 194 Å². The molecule has 2 aromatic heterocycles. The highest BCUT2D eigenvalue weighted by molar-refractivity contribution is 7.90. The van der Waals surface area contributed by atoms with Crippen molar-refractivity contribution >= 4 is 38.5 Å². The molecule has 0 aliphatic heterocycles. The van der Waals surface area contributed by atoms with Gasteiger partial charge in [0.1, 0.15) is 11.6 Å². The number of aryl methyl sites for hydroxylation is 1. The van der Waals surface area contributed by atoms with Gasteiger partial charge in [-0.3, -0.25) is 4.98 Å². The van der Waals surface area contributed by atoms with Crippen LogP contribution in [0.1, 0.15) is 11.1 Å². The van der Waals surface area contributed by atoms with Gasteiger partial charge in [0.15, 0.2) is 0 Å². The van der Waals surface area contributed by atoms with E-state index in [0.717, 1.165) is 26.6 Å². The van der Waals surface area contributed by atoms with E-state index in [4.69, 9.17) is 0 Å². The van der Waals surface area contributed by atoms with Crippen molar-refractivity contribution in [2.24, 2.45) is 0 Å². The maximum atomic E-state index is 14.3. The first-order valence-electron chi connectivity index (χ1n) is 10.0. The van der Waals surface area contributed by atoms with Crippen molar-refractivity contribution in [1.29, 1.82) is 0 Å². The topological polar surface area (TPSA) is 105 Å². The number of carbonyl (C=O) groups is 1. The zero-order valence-corrected chi connectivity index (χ0v) is 19.0. The summed E-state index contributed by atoms with van der Waals surface area (Å²) in [6.07, 6.45) is 1.44. The van der Waals surface area contributed by atoms with E-state index < -0.39 is 27.8 Å². The Bertz CT molecular complexity index is 1520. The molecule has 0 saturated carbocycles. The Hall–Kier alpha value is -3.99. The van der Waals surface area contributed by atoms with Crippen molar-refractivity contribution in [3.05, 3.63) is 83.7 Å². The summed E-state index contributed by atoms with van der Waals surface area (Å²) in [5.74, 6) is -1.22. The minimum atomic E-state index is -4.26. The van der Waals surface area contributed by atoms with Crippen molar-refractivity contribution in [1.82, 2.24) is 13.9 Å². The third-order valence-corrected chi connectivity index (χ3v) is 6.84. The van der Waals surface area contributed by atoms with Crippen molar-refractivity contribution in [2.75, 3.05) is 12.4 Å². The van der Waals surface area contributed by atoms with Crippen LogP contribution in [0, 0.1) is 18.6 Å². The number of fused-ring (bicyclic) bond motifs is 1. The van der Waals surface area contributed by atoms with Gasteiger partial charge in [0.25, 0.3) is 10.0 Å². The molecule has 0 spiro atoms. The lowest BCUT2D eigenvalue weighted by atomic mass is 10.2. The van der Waals surface area contributed by atoms with E-state index in [9.17, 15) is 27.1 Å². The largest absolute Gasteiger partial charge is 0.465 e. The van der Waals surface area contributed by atoms with Gasteiger partial charge in [0.05, 0.1) is 40.0 Å². The first-order chi connectivity index (χ1) is 16.1. The number of amides is 1. The Morgan fingerprint density at radius 1 is 1.18 bits per heavy atom. The maximum Gasteiger partial charge on any atom is 0.407 e. The molecular formula is C23H20F2N4O4S. The van der Waals surface area contributed by atoms with Gasteiger partial charge >= 0.3 is 6.09 Å². The number of hydrogen-bond donors (Lipinski definition) is 2. The average molecular weight is 487 g/mol. The fourth-order valence-corrected chi connectivity index (χ4v) is 4.87. The summed E-state index contributed by atoms with van der Waals surface area (Å²) < 4.78 is 55.7. The molecule has 2 N–H and O–H groups in total. The molecule has 0 saturated heterocycles. The van der Waals surface area contributed by atoms with Crippen LogP contribution in [0.4, 0.5) is 25.0 Å². The molecule has 0 atom stereocenters. The number of aromatic nitrogens is 2. The van der Waals surface area contributed by atoms with E-state index in [-0.39, 0.29) is 28.2 Å². The van der Waals surface area contributed by atoms with Gasteiger partial charge in [-0.15, -0.1) is 0 Å².